The molecule has 0 bridgehead atoms. The van der Waals surface area contributed by atoms with Gasteiger partial charge in [-0.2, -0.15) is 0 Å². The number of phosphoric acid groups is 1. The number of aliphatic hydroxyl groups is 1. The summed E-state index contributed by atoms with van der Waals surface area (Å²) in [6, 6.07) is 0. The van der Waals surface area contributed by atoms with Crippen LogP contribution in [0.4, 0.5) is 0 Å². The number of phosphoric ester groups is 1. The summed E-state index contributed by atoms with van der Waals surface area (Å²) < 4.78 is 39.5. The minimum Gasteiger partial charge on any atom is -0.462 e. The molecule has 0 amide bonds. The van der Waals surface area contributed by atoms with Crippen molar-refractivity contribution in [2.45, 2.75) is 238 Å². The molecule has 0 aliphatic carbocycles. The van der Waals surface area contributed by atoms with Gasteiger partial charge in [0.1, 0.15) is 12.7 Å². The third kappa shape index (κ3) is 56.3. The van der Waals surface area contributed by atoms with Gasteiger partial charge in [-0.3, -0.25) is 23.4 Å². The average Bonchev–Trinajstić information content (AvgIpc) is 3.43. The summed E-state index contributed by atoms with van der Waals surface area (Å²) in [5.41, 5.74) is 0. The lowest BCUT2D eigenvalue weighted by molar-refractivity contribution is -0.161. The maximum atomic E-state index is 12.9. The first-order valence-corrected chi connectivity index (χ1v) is 31.6. The second-order valence-corrected chi connectivity index (χ2v) is 20.8. The lowest BCUT2D eigenvalue weighted by atomic mass is 10.1. The van der Waals surface area contributed by atoms with Crippen LogP contribution in [0.5, 0.6) is 0 Å². The predicted molar refractivity (Wildman–Crippen MR) is 325 cm³/mol. The Labute approximate surface area is 474 Å². The van der Waals surface area contributed by atoms with Gasteiger partial charge in [-0.05, 0) is 128 Å². The lowest BCUT2D eigenvalue weighted by Crippen LogP contribution is -2.30. The predicted octanol–water partition coefficient (Wildman–Crippen LogP) is 18.1. The molecule has 11 nitrogen and oxygen atoms in total. The fraction of sp³-hybridized carbons (Fsp3) is 0.621. The topological polar surface area (TPSA) is 155 Å². The van der Waals surface area contributed by atoms with Crippen LogP contribution in [-0.2, 0) is 42.2 Å². The molecular weight excluding hydrogens is 1000 g/mol. The molecule has 3 unspecified atom stereocenters. The van der Waals surface area contributed by atoms with Crippen molar-refractivity contribution >= 4 is 25.7 Å². The van der Waals surface area contributed by atoms with Gasteiger partial charge in [0, 0.05) is 19.3 Å². The molecule has 3 atom stereocenters. The highest BCUT2D eigenvalue weighted by molar-refractivity contribution is 7.47. The van der Waals surface area contributed by atoms with E-state index in [1.807, 2.05) is 0 Å². The van der Waals surface area contributed by atoms with E-state index in [1.54, 1.807) is 0 Å². The van der Waals surface area contributed by atoms with Gasteiger partial charge in [0.2, 0.25) is 0 Å². The largest absolute Gasteiger partial charge is 0.472 e. The standard InChI is InChI=1S/C66H107O11P/c1-4-7-10-13-16-19-22-25-27-29-31-33-35-38-40-43-46-49-52-55-64(68)73-59-63(77-66(70)57-54-51-48-45-42-39-36-34-32-30-28-26-23-20-17-14-11-8-5-2)61-75-78(71,72)74-60-62(58-67)76-65(69)56-53-50-47-44-41-37-24-21-18-15-12-9-6-3/h7-8,10-12,15-17,19-21,24-28,31-34,38,40,62-63,67H,4-6,9,13-14,18,22-23,29-30,35-37,39,41-61H2,1-3H3,(H,71,72)/b10-7-,11-8-,15-12-,19-16-,20-17-,24-21-,27-25-,28-26-,33-31-,34-32-,40-38-. The van der Waals surface area contributed by atoms with E-state index in [0.717, 1.165) is 167 Å². The Hall–Kier alpha value is -4.38. The molecule has 0 aromatic heterocycles. The monoisotopic (exact) mass is 1110 g/mol. The number of esters is 3. The first-order chi connectivity index (χ1) is 38.2. The van der Waals surface area contributed by atoms with Crippen LogP contribution >= 0.6 is 7.82 Å². The summed E-state index contributed by atoms with van der Waals surface area (Å²) in [6.45, 7) is 4.27. The number of hydrogen-bond acceptors (Lipinski definition) is 10. The van der Waals surface area contributed by atoms with Gasteiger partial charge in [0.25, 0.3) is 0 Å². The van der Waals surface area contributed by atoms with Crippen LogP contribution in [0, 0.1) is 0 Å². The number of ether oxygens (including phenoxy) is 3. The van der Waals surface area contributed by atoms with Crippen LogP contribution in [0.3, 0.4) is 0 Å². The number of rotatable bonds is 54. The van der Waals surface area contributed by atoms with E-state index in [-0.39, 0.29) is 25.9 Å². The Morgan fingerprint density at radius 3 is 1.04 bits per heavy atom. The van der Waals surface area contributed by atoms with E-state index in [0.29, 0.717) is 19.3 Å². The number of hydrogen-bond donors (Lipinski definition) is 2. The Bertz CT molecular complexity index is 1820. The molecule has 2 N–H and O–H groups in total. The molecule has 78 heavy (non-hydrogen) atoms. The Morgan fingerprint density at radius 2 is 0.667 bits per heavy atom. The van der Waals surface area contributed by atoms with Gasteiger partial charge >= 0.3 is 25.7 Å². The fourth-order valence-electron chi connectivity index (χ4n) is 7.53. The van der Waals surface area contributed by atoms with Crippen LogP contribution < -0.4 is 0 Å². The van der Waals surface area contributed by atoms with E-state index < -0.39 is 57.8 Å². The van der Waals surface area contributed by atoms with Crippen LogP contribution in [0.25, 0.3) is 0 Å². The number of carbonyl (C=O) groups excluding carboxylic acids is 3. The van der Waals surface area contributed by atoms with E-state index in [9.17, 15) is 28.9 Å². The lowest BCUT2D eigenvalue weighted by Gasteiger charge is -2.21. The van der Waals surface area contributed by atoms with E-state index in [4.69, 9.17) is 23.3 Å². The van der Waals surface area contributed by atoms with Crippen molar-refractivity contribution in [3.05, 3.63) is 134 Å². The number of carbonyl (C=O) groups is 3. The number of aliphatic hydroxyl groups excluding tert-OH is 1. The maximum Gasteiger partial charge on any atom is 0.472 e. The van der Waals surface area contributed by atoms with E-state index in [1.165, 1.54) is 0 Å². The molecule has 0 spiro atoms. The first kappa shape index (κ1) is 73.6. The minimum atomic E-state index is -4.78. The zero-order valence-electron chi connectivity index (χ0n) is 48.8. The summed E-state index contributed by atoms with van der Waals surface area (Å²) in [6.07, 6.45) is 74.0. The highest BCUT2D eigenvalue weighted by Crippen LogP contribution is 2.43. The van der Waals surface area contributed by atoms with Crippen LogP contribution in [-0.4, -0.2) is 66.5 Å². The molecule has 0 rings (SSSR count). The summed E-state index contributed by atoms with van der Waals surface area (Å²) in [5, 5.41) is 9.82. The molecule has 0 radical (unpaired) electrons. The van der Waals surface area contributed by atoms with Crippen LogP contribution in [0.2, 0.25) is 0 Å². The van der Waals surface area contributed by atoms with Crippen molar-refractivity contribution in [2.75, 3.05) is 26.4 Å². The minimum absolute atomic E-state index is 0.135. The van der Waals surface area contributed by atoms with Gasteiger partial charge in [-0.1, -0.05) is 212 Å². The molecule has 0 saturated carbocycles. The highest BCUT2D eigenvalue weighted by Gasteiger charge is 2.28. The van der Waals surface area contributed by atoms with Crippen molar-refractivity contribution in [1.29, 1.82) is 0 Å². The van der Waals surface area contributed by atoms with Gasteiger partial charge in [-0.15, -0.1) is 0 Å². The SMILES string of the molecule is CC/C=C\C/C=C\C/C=C\C/C=C\C/C=C\CCCCCC(=O)OCC(COP(=O)(O)OCC(CO)OC(=O)CCCCCCC/C=C\C/C=C\CCC)OC(=O)CCCCCCCC/C=C\C/C=C\C/C=C\C/C=C\CC. The van der Waals surface area contributed by atoms with Crippen LogP contribution in [0.1, 0.15) is 226 Å². The maximum absolute atomic E-state index is 12.9. The number of allylic oxidation sites excluding steroid dienone is 22. The normalized spacial score (nSPS) is 14.3. The van der Waals surface area contributed by atoms with Crippen molar-refractivity contribution < 1.29 is 52.2 Å². The van der Waals surface area contributed by atoms with Gasteiger partial charge in [-0.25, -0.2) is 4.57 Å². The molecule has 0 aromatic carbocycles. The summed E-state index contributed by atoms with van der Waals surface area (Å²) >= 11 is 0. The van der Waals surface area contributed by atoms with Gasteiger partial charge in [0.05, 0.1) is 19.8 Å². The smallest absolute Gasteiger partial charge is 0.462 e. The Balaban J connectivity index is 4.84. The quantitative estimate of drug-likeness (QED) is 0.0197. The second-order valence-electron chi connectivity index (χ2n) is 19.4. The van der Waals surface area contributed by atoms with Gasteiger partial charge in [0.15, 0.2) is 6.10 Å². The molecule has 0 fully saturated rings. The molecule has 0 aliphatic rings. The second kappa shape index (κ2) is 58.8. The van der Waals surface area contributed by atoms with Crippen molar-refractivity contribution in [2.24, 2.45) is 0 Å². The van der Waals surface area contributed by atoms with Crippen molar-refractivity contribution in [3.63, 3.8) is 0 Å². The average molecular weight is 1110 g/mol. The van der Waals surface area contributed by atoms with Crippen molar-refractivity contribution in [1.82, 2.24) is 0 Å². The molecule has 0 aromatic rings. The molecule has 0 aliphatic heterocycles. The van der Waals surface area contributed by atoms with E-state index >= 15 is 0 Å². The molecule has 0 saturated heterocycles. The fourth-order valence-corrected chi connectivity index (χ4v) is 8.31. The highest BCUT2D eigenvalue weighted by atomic mass is 31.2. The summed E-state index contributed by atoms with van der Waals surface area (Å²) in [5.74, 6) is -1.55. The van der Waals surface area contributed by atoms with E-state index in [2.05, 4.69) is 154 Å². The molecule has 0 heterocycles. The molecular formula is C66H107O11P. The molecule has 442 valence electrons. The Kier molecular flexibility index (Phi) is 55.5. The van der Waals surface area contributed by atoms with Crippen LogP contribution in [0.15, 0.2) is 134 Å². The molecule has 12 heteroatoms. The third-order valence-corrected chi connectivity index (χ3v) is 13.0. The third-order valence-electron chi connectivity index (χ3n) is 12.0. The Morgan fingerprint density at radius 1 is 0.372 bits per heavy atom. The summed E-state index contributed by atoms with van der Waals surface area (Å²) in [7, 11) is -4.78. The summed E-state index contributed by atoms with van der Waals surface area (Å²) in [4.78, 5) is 48.6. The zero-order chi connectivity index (χ0) is 56.9. The first-order valence-electron chi connectivity index (χ1n) is 30.1. The van der Waals surface area contributed by atoms with Crippen molar-refractivity contribution in [3.8, 4) is 0 Å². The number of unbranched alkanes of at least 4 members (excludes halogenated alkanes) is 15. The zero-order valence-corrected chi connectivity index (χ0v) is 49.7. The van der Waals surface area contributed by atoms with Gasteiger partial charge < -0.3 is 24.2 Å².